The monoisotopic (exact) mass is 387 g/mol. The zero-order chi connectivity index (χ0) is 19.8. The number of nitrogens with one attached hydrogen (secondary N) is 1. The average molecular weight is 388 g/mol. The van der Waals surface area contributed by atoms with E-state index in [9.17, 15) is 9.59 Å². The Bertz CT molecular complexity index is 844. The third-order valence-electron chi connectivity index (χ3n) is 4.10. The highest BCUT2D eigenvalue weighted by Crippen LogP contribution is 2.22. The molecular formula is C21H22ClNO4. The SMILES string of the molecule is COc1ccc(Cl)cc1C(=O)NCCc1ccc(/C(C)=C/CC(=O)O)cc1. The highest BCUT2D eigenvalue weighted by molar-refractivity contribution is 6.31. The van der Waals surface area contributed by atoms with Crippen molar-refractivity contribution in [2.45, 2.75) is 19.8 Å². The van der Waals surface area contributed by atoms with Crippen molar-refractivity contribution in [1.82, 2.24) is 5.32 Å². The Morgan fingerprint density at radius 3 is 2.52 bits per heavy atom. The smallest absolute Gasteiger partial charge is 0.307 e. The summed E-state index contributed by atoms with van der Waals surface area (Å²) in [5.41, 5.74) is 3.38. The number of halogens is 1. The standard InChI is InChI=1S/C21H22ClNO4/c1-14(3-10-20(24)25)16-6-4-15(5-7-16)11-12-23-21(26)18-13-17(22)8-9-19(18)27-2/h3-9,13H,10-12H2,1-2H3,(H,23,26)(H,24,25)/b14-3+. The Hall–Kier alpha value is -2.79. The number of methoxy groups -OCH3 is 1. The molecule has 2 rings (SSSR count). The normalized spacial score (nSPS) is 11.1. The lowest BCUT2D eigenvalue weighted by molar-refractivity contribution is -0.136. The molecule has 0 atom stereocenters. The van der Waals surface area contributed by atoms with Crippen molar-refractivity contribution in [3.63, 3.8) is 0 Å². The lowest BCUT2D eigenvalue weighted by atomic mass is 10.0. The van der Waals surface area contributed by atoms with Gasteiger partial charge in [-0.15, -0.1) is 0 Å². The minimum Gasteiger partial charge on any atom is -0.496 e. The van der Waals surface area contributed by atoms with E-state index in [1.54, 1.807) is 24.3 Å². The summed E-state index contributed by atoms with van der Waals surface area (Å²) >= 11 is 5.96. The van der Waals surface area contributed by atoms with Gasteiger partial charge in [0.05, 0.1) is 19.1 Å². The van der Waals surface area contributed by atoms with E-state index in [0.29, 0.717) is 29.3 Å². The molecule has 0 aromatic heterocycles. The van der Waals surface area contributed by atoms with Gasteiger partial charge in [0.15, 0.2) is 0 Å². The van der Waals surface area contributed by atoms with Crippen LogP contribution in [0.5, 0.6) is 5.75 Å². The molecule has 2 aromatic carbocycles. The van der Waals surface area contributed by atoms with Crippen LogP contribution in [0.4, 0.5) is 0 Å². The first-order chi connectivity index (χ1) is 12.9. The zero-order valence-electron chi connectivity index (χ0n) is 15.3. The molecule has 0 unspecified atom stereocenters. The molecule has 0 fully saturated rings. The second kappa shape index (κ2) is 9.78. The topological polar surface area (TPSA) is 75.6 Å². The zero-order valence-corrected chi connectivity index (χ0v) is 16.0. The van der Waals surface area contributed by atoms with Crippen LogP contribution in [0, 0.1) is 0 Å². The van der Waals surface area contributed by atoms with Crippen molar-refractivity contribution in [2.24, 2.45) is 0 Å². The van der Waals surface area contributed by atoms with Gasteiger partial charge in [-0.2, -0.15) is 0 Å². The molecule has 2 aromatic rings. The molecular weight excluding hydrogens is 366 g/mol. The highest BCUT2D eigenvalue weighted by Gasteiger charge is 2.12. The molecule has 1 amide bonds. The van der Waals surface area contributed by atoms with Crippen LogP contribution in [0.15, 0.2) is 48.5 Å². The molecule has 27 heavy (non-hydrogen) atoms. The minimum atomic E-state index is -0.849. The van der Waals surface area contributed by atoms with Crippen LogP contribution in [0.25, 0.3) is 5.57 Å². The van der Waals surface area contributed by atoms with Crippen molar-refractivity contribution >= 4 is 29.1 Å². The van der Waals surface area contributed by atoms with Crippen molar-refractivity contribution < 1.29 is 19.4 Å². The third-order valence-corrected chi connectivity index (χ3v) is 4.33. The number of ether oxygens (including phenoxy) is 1. The average Bonchev–Trinajstić information content (AvgIpc) is 2.66. The number of rotatable bonds is 8. The summed E-state index contributed by atoms with van der Waals surface area (Å²) in [6.45, 7) is 2.36. The molecule has 0 aliphatic heterocycles. The molecule has 142 valence electrons. The molecule has 0 bridgehead atoms. The Morgan fingerprint density at radius 2 is 1.89 bits per heavy atom. The first kappa shape index (κ1) is 20.5. The lowest BCUT2D eigenvalue weighted by Crippen LogP contribution is -2.26. The summed E-state index contributed by atoms with van der Waals surface area (Å²) < 4.78 is 5.19. The molecule has 0 saturated heterocycles. The quantitative estimate of drug-likeness (QED) is 0.711. The molecule has 2 N–H and O–H groups in total. The van der Waals surface area contributed by atoms with E-state index in [1.165, 1.54) is 7.11 Å². The Labute approximate surface area is 163 Å². The number of carboxylic acid groups (broad SMARTS) is 1. The Kier molecular flexibility index (Phi) is 7.44. The van der Waals surface area contributed by atoms with Gasteiger partial charge in [0.1, 0.15) is 5.75 Å². The highest BCUT2D eigenvalue weighted by atomic mass is 35.5. The second-order valence-electron chi connectivity index (χ2n) is 6.03. The van der Waals surface area contributed by atoms with Crippen LogP contribution in [0.1, 0.15) is 34.8 Å². The summed E-state index contributed by atoms with van der Waals surface area (Å²) in [6, 6.07) is 12.8. The number of carboxylic acids is 1. The van der Waals surface area contributed by atoms with Crippen molar-refractivity contribution in [3.05, 3.63) is 70.3 Å². The van der Waals surface area contributed by atoms with Crippen LogP contribution in [-0.2, 0) is 11.2 Å². The fraction of sp³-hybridized carbons (Fsp3) is 0.238. The van der Waals surface area contributed by atoms with Crippen molar-refractivity contribution in [1.29, 1.82) is 0 Å². The number of amides is 1. The number of benzene rings is 2. The predicted octanol–water partition coefficient (Wildman–Crippen LogP) is 4.20. The van der Waals surface area contributed by atoms with Crippen LogP contribution in [-0.4, -0.2) is 30.6 Å². The molecule has 0 radical (unpaired) electrons. The van der Waals surface area contributed by atoms with Gasteiger partial charge < -0.3 is 15.2 Å². The van der Waals surface area contributed by atoms with Gasteiger partial charge in [-0.1, -0.05) is 41.9 Å². The van der Waals surface area contributed by atoms with Gasteiger partial charge in [-0.05, 0) is 48.2 Å². The molecule has 0 spiro atoms. The number of hydrogen-bond donors (Lipinski definition) is 2. The van der Waals surface area contributed by atoms with E-state index < -0.39 is 5.97 Å². The minimum absolute atomic E-state index is 0.00653. The summed E-state index contributed by atoms with van der Waals surface area (Å²) in [7, 11) is 1.51. The summed E-state index contributed by atoms with van der Waals surface area (Å²) in [5.74, 6) is -0.610. The number of aliphatic carboxylic acids is 1. The lowest BCUT2D eigenvalue weighted by Gasteiger charge is -2.10. The second-order valence-corrected chi connectivity index (χ2v) is 6.47. The maximum atomic E-state index is 12.3. The van der Waals surface area contributed by atoms with Gasteiger partial charge in [0.2, 0.25) is 0 Å². The van der Waals surface area contributed by atoms with Gasteiger partial charge in [0, 0.05) is 11.6 Å². The molecule has 0 aliphatic carbocycles. The fourth-order valence-corrected chi connectivity index (χ4v) is 2.74. The van der Waals surface area contributed by atoms with E-state index in [0.717, 1.165) is 16.7 Å². The van der Waals surface area contributed by atoms with Crippen molar-refractivity contribution in [2.75, 3.05) is 13.7 Å². The van der Waals surface area contributed by atoms with Crippen LogP contribution >= 0.6 is 11.6 Å². The van der Waals surface area contributed by atoms with Crippen LogP contribution in [0.2, 0.25) is 5.02 Å². The molecule has 0 heterocycles. The fourth-order valence-electron chi connectivity index (χ4n) is 2.57. The summed E-state index contributed by atoms with van der Waals surface area (Å²) in [6.07, 6.45) is 2.37. The summed E-state index contributed by atoms with van der Waals surface area (Å²) in [5, 5.41) is 12.1. The van der Waals surface area contributed by atoms with E-state index in [4.69, 9.17) is 21.4 Å². The molecule has 6 heteroatoms. The van der Waals surface area contributed by atoms with Gasteiger partial charge >= 0.3 is 5.97 Å². The van der Waals surface area contributed by atoms with Crippen molar-refractivity contribution in [3.8, 4) is 5.75 Å². The van der Waals surface area contributed by atoms with E-state index >= 15 is 0 Å². The Balaban J connectivity index is 1.92. The number of allylic oxidation sites excluding steroid dienone is 1. The Morgan fingerprint density at radius 1 is 1.19 bits per heavy atom. The third kappa shape index (κ3) is 6.15. The predicted molar refractivity (Wildman–Crippen MR) is 106 cm³/mol. The molecule has 0 aliphatic rings. The van der Waals surface area contributed by atoms with Gasteiger partial charge in [-0.3, -0.25) is 9.59 Å². The van der Waals surface area contributed by atoms with Gasteiger partial charge in [-0.25, -0.2) is 0 Å². The number of carbonyl (C=O) groups is 2. The van der Waals surface area contributed by atoms with E-state index in [-0.39, 0.29) is 12.3 Å². The van der Waals surface area contributed by atoms with Crippen LogP contribution in [0.3, 0.4) is 0 Å². The number of carbonyl (C=O) groups excluding carboxylic acids is 1. The molecule has 5 nitrogen and oxygen atoms in total. The maximum Gasteiger partial charge on any atom is 0.307 e. The largest absolute Gasteiger partial charge is 0.496 e. The first-order valence-electron chi connectivity index (χ1n) is 8.50. The van der Waals surface area contributed by atoms with Gasteiger partial charge in [0.25, 0.3) is 5.91 Å². The summed E-state index contributed by atoms with van der Waals surface area (Å²) in [4.78, 5) is 23.0. The maximum absolute atomic E-state index is 12.3. The van der Waals surface area contributed by atoms with E-state index in [2.05, 4.69) is 5.32 Å². The van der Waals surface area contributed by atoms with Crippen LogP contribution < -0.4 is 10.1 Å². The van der Waals surface area contributed by atoms with E-state index in [1.807, 2.05) is 31.2 Å². The number of hydrogen-bond acceptors (Lipinski definition) is 3. The molecule has 0 saturated carbocycles. The first-order valence-corrected chi connectivity index (χ1v) is 8.88.